The van der Waals surface area contributed by atoms with Crippen LogP contribution in [0.15, 0.2) is 42.5 Å². The molecule has 112 valence electrons. The van der Waals surface area contributed by atoms with E-state index in [2.05, 4.69) is 10.6 Å². The quantitative estimate of drug-likeness (QED) is 0.808. The number of carbonyl (C=O) groups is 1. The van der Waals surface area contributed by atoms with Crippen molar-refractivity contribution in [2.75, 3.05) is 10.6 Å². The van der Waals surface area contributed by atoms with Gasteiger partial charge >= 0.3 is 6.03 Å². The van der Waals surface area contributed by atoms with Crippen LogP contribution in [0.3, 0.4) is 0 Å². The van der Waals surface area contributed by atoms with Crippen LogP contribution in [-0.2, 0) is 0 Å². The molecule has 0 unspecified atom stereocenters. The molecule has 3 nitrogen and oxygen atoms in total. The van der Waals surface area contributed by atoms with Crippen molar-refractivity contribution in [3.63, 3.8) is 0 Å². The van der Waals surface area contributed by atoms with E-state index >= 15 is 0 Å². The number of nitrogens with one attached hydrogen (secondary N) is 2. The van der Waals surface area contributed by atoms with Gasteiger partial charge in [-0.05, 0) is 36.8 Å². The maximum atomic E-state index is 13.0. The molecule has 2 rings (SSSR count). The Morgan fingerprint density at radius 3 is 2.10 bits per heavy atom. The van der Waals surface area contributed by atoms with Crippen LogP contribution in [0.5, 0.6) is 0 Å². The molecule has 2 amide bonds. The van der Waals surface area contributed by atoms with E-state index in [4.69, 9.17) is 0 Å². The van der Waals surface area contributed by atoms with Crippen molar-refractivity contribution in [2.24, 2.45) is 0 Å². The van der Waals surface area contributed by atoms with Gasteiger partial charge in [0.25, 0.3) is 0 Å². The predicted molar refractivity (Wildman–Crippen MR) is 81.5 cm³/mol. The van der Waals surface area contributed by atoms with Gasteiger partial charge in [0.05, 0.1) is 0 Å². The zero-order valence-corrected chi connectivity index (χ0v) is 12.2. The van der Waals surface area contributed by atoms with E-state index in [0.717, 1.165) is 17.7 Å². The van der Waals surface area contributed by atoms with Gasteiger partial charge in [-0.2, -0.15) is 0 Å². The van der Waals surface area contributed by atoms with Gasteiger partial charge in [-0.1, -0.05) is 26.0 Å². The Morgan fingerprint density at radius 2 is 1.52 bits per heavy atom. The molecule has 0 aromatic heterocycles. The minimum absolute atomic E-state index is 0.184. The third-order valence-electron chi connectivity index (χ3n) is 2.45. The summed E-state index contributed by atoms with van der Waals surface area (Å²) in [6.07, 6.45) is 0. The molecular weight excluding hydrogens is 274 g/mol. The van der Waals surface area contributed by atoms with Gasteiger partial charge in [0, 0.05) is 17.4 Å². The molecule has 0 heterocycles. The van der Waals surface area contributed by atoms with E-state index in [9.17, 15) is 13.6 Å². The number of rotatable bonds is 2. The Balaban J connectivity index is 0.00000106. The molecule has 5 heteroatoms. The third-order valence-corrected chi connectivity index (χ3v) is 2.45. The lowest BCUT2D eigenvalue weighted by Crippen LogP contribution is -2.19. The van der Waals surface area contributed by atoms with Crippen molar-refractivity contribution in [1.82, 2.24) is 0 Å². The first-order valence-electron chi connectivity index (χ1n) is 6.64. The Kier molecular flexibility index (Phi) is 6.33. The highest BCUT2D eigenvalue weighted by Crippen LogP contribution is 2.14. The van der Waals surface area contributed by atoms with Crippen LogP contribution in [-0.4, -0.2) is 6.03 Å². The van der Waals surface area contributed by atoms with Crippen molar-refractivity contribution in [2.45, 2.75) is 20.8 Å². The van der Waals surface area contributed by atoms with Crippen LogP contribution in [0.25, 0.3) is 0 Å². The summed E-state index contributed by atoms with van der Waals surface area (Å²) >= 11 is 0. The molecule has 2 aromatic rings. The van der Waals surface area contributed by atoms with Crippen LogP contribution in [0.4, 0.5) is 25.0 Å². The zero-order chi connectivity index (χ0) is 15.8. The first-order chi connectivity index (χ1) is 10.0. The van der Waals surface area contributed by atoms with Gasteiger partial charge in [-0.15, -0.1) is 0 Å². The molecule has 0 saturated heterocycles. The maximum Gasteiger partial charge on any atom is 0.323 e. The standard InChI is InChI=1S/C14H12F2N2O.C2H6/c1-9-3-2-4-10(7-9)17-14(19)18-11-5-6-12(15)13(16)8-11;1-2/h2-8H,1H3,(H2,17,18,19);1-2H3. The van der Waals surface area contributed by atoms with E-state index < -0.39 is 17.7 Å². The smallest absolute Gasteiger partial charge is 0.308 e. The summed E-state index contributed by atoms with van der Waals surface area (Å²) in [6.45, 7) is 5.90. The monoisotopic (exact) mass is 292 g/mol. The van der Waals surface area contributed by atoms with Crippen molar-refractivity contribution in [1.29, 1.82) is 0 Å². The molecule has 21 heavy (non-hydrogen) atoms. The number of anilines is 2. The fourth-order valence-electron chi connectivity index (χ4n) is 1.59. The van der Waals surface area contributed by atoms with E-state index in [1.165, 1.54) is 6.07 Å². The normalized spacial score (nSPS) is 9.38. The highest BCUT2D eigenvalue weighted by molar-refractivity contribution is 5.99. The molecule has 2 aromatic carbocycles. The Morgan fingerprint density at radius 1 is 0.905 bits per heavy atom. The molecule has 0 radical (unpaired) electrons. The van der Waals surface area contributed by atoms with Gasteiger partial charge in [-0.3, -0.25) is 0 Å². The third kappa shape index (κ3) is 5.22. The van der Waals surface area contributed by atoms with Crippen molar-refractivity contribution >= 4 is 17.4 Å². The molecule has 0 saturated carbocycles. The Bertz CT molecular complexity index is 615. The molecule has 0 fully saturated rings. The number of urea groups is 1. The topological polar surface area (TPSA) is 41.1 Å². The van der Waals surface area contributed by atoms with E-state index in [1.54, 1.807) is 12.1 Å². The zero-order valence-electron chi connectivity index (χ0n) is 12.2. The lowest BCUT2D eigenvalue weighted by atomic mass is 10.2. The summed E-state index contributed by atoms with van der Waals surface area (Å²) in [4.78, 5) is 11.7. The fraction of sp³-hybridized carbons (Fsp3) is 0.188. The summed E-state index contributed by atoms with van der Waals surface area (Å²) in [5, 5.41) is 5.02. The van der Waals surface area contributed by atoms with Gasteiger partial charge < -0.3 is 10.6 Å². The van der Waals surface area contributed by atoms with Crippen LogP contribution >= 0.6 is 0 Å². The van der Waals surface area contributed by atoms with E-state index in [-0.39, 0.29) is 5.69 Å². The number of halogens is 2. The summed E-state index contributed by atoms with van der Waals surface area (Å²) < 4.78 is 25.7. The second kappa shape index (κ2) is 7.99. The predicted octanol–water partition coefficient (Wildman–Crippen LogP) is 4.94. The number of amides is 2. The van der Waals surface area contributed by atoms with Gasteiger partial charge in [-0.25, -0.2) is 13.6 Å². The van der Waals surface area contributed by atoms with Crippen molar-refractivity contribution in [3.8, 4) is 0 Å². The molecule has 0 aliphatic heterocycles. The van der Waals surface area contributed by atoms with Crippen molar-refractivity contribution < 1.29 is 13.6 Å². The molecule has 0 aliphatic carbocycles. The summed E-state index contributed by atoms with van der Waals surface area (Å²) in [7, 11) is 0. The summed E-state index contributed by atoms with van der Waals surface area (Å²) in [5.41, 5.74) is 1.81. The SMILES string of the molecule is CC.Cc1cccc(NC(=O)Nc2ccc(F)c(F)c2)c1. The van der Waals surface area contributed by atoms with Gasteiger partial charge in [0.1, 0.15) is 0 Å². The number of aryl methyl sites for hydroxylation is 1. The van der Waals surface area contributed by atoms with Crippen LogP contribution in [0, 0.1) is 18.6 Å². The molecule has 0 spiro atoms. The second-order valence-corrected chi connectivity index (χ2v) is 4.08. The molecule has 0 atom stereocenters. The van der Waals surface area contributed by atoms with Gasteiger partial charge in [0.2, 0.25) is 0 Å². The van der Waals surface area contributed by atoms with Crippen LogP contribution < -0.4 is 10.6 Å². The lowest BCUT2D eigenvalue weighted by Gasteiger charge is -2.08. The van der Waals surface area contributed by atoms with Crippen LogP contribution in [0.1, 0.15) is 19.4 Å². The second-order valence-electron chi connectivity index (χ2n) is 4.08. The van der Waals surface area contributed by atoms with E-state index in [1.807, 2.05) is 32.9 Å². The van der Waals surface area contributed by atoms with Gasteiger partial charge in [0.15, 0.2) is 11.6 Å². The van der Waals surface area contributed by atoms with Crippen LogP contribution in [0.2, 0.25) is 0 Å². The summed E-state index contributed by atoms with van der Waals surface area (Å²) in [6, 6.07) is 9.89. The average Bonchev–Trinajstić information content (AvgIpc) is 2.45. The largest absolute Gasteiger partial charge is 0.323 e. The number of benzene rings is 2. The fourth-order valence-corrected chi connectivity index (χ4v) is 1.59. The molecule has 2 N–H and O–H groups in total. The number of hydrogen-bond acceptors (Lipinski definition) is 1. The lowest BCUT2D eigenvalue weighted by molar-refractivity contribution is 0.262. The van der Waals surface area contributed by atoms with Crippen molar-refractivity contribution in [3.05, 3.63) is 59.7 Å². The number of hydrogen-bond donors (Lipinski definition) is 2. The summed E-state index contributed by atoms with van der Waals surface area (Å²) in [5.74, 6) is -1.96. The number of carbonyl (C=O) groups excluding carboxylic acids is 1. The highest BCUT2D eigenvalue weighted by atomic mass is 19.2. The minimum atomic E-state index is -1.01. The first-order valence-corrected chi connectivity index (χ1v) is 6.64. The highest BCUT2D eigenvalue weighted by Gasteiger charge is 2.06. The first kappa shape index (κ1) is 16.6. The van der Waals surface area contributed by atoms with E-state index in [0.29, 0.717) is 5.69 Å². The average molecular weight is 292 g/mol. The maximum absolute atomic E-state index is 13.0. The minimum Gasteiger partial charge on any atom is -0.308 e. The molecule has 0 aliphatic rings. The molecule has 0 bridgehead atoms. The Hall–Kier alpha value is -2.43. The molecular formula is C16H18F2N2O. The Labute approximate surface area is 123 Å².